The van der Waals surface area contributed by atoms with Crippen molar-refractivity contribution < 1.29 is 8.78 Å². The Balaban J connectivity index is 1.73. The first-order chi connectivity index (χ1) is 12.6. The molecule has 3 nitrogen and oxygen atoms in total. The molecule has 1 aliphatic rings. The molecule has 132 valence electrons. The Labute approximate surface area is 151 Å². The van der Waals surface area contributed by atoms with Gasteiger partial charge < -0.3 is 4.90 Å². The van der Waals surface area contributed by atoms with Crippen LogP contribution in [0.1, 0.15) is 28.8 Å². The van der Waals surface area contributed by atoms with Gasteiger partial charge in [-0.2, -0.15) is 0 Å². The van der Waals surface area contributed by atoms with Gasteiger partial charge in [-0.05, 0) is 30.5 Å². The summed E-state index contributed by atoms with van der Waals surface area (Å²) < 4.78 is 26.8. The van der Waals surface area contributed by atoms with Gasteiger partial charge in [0.1, 0.15) is 5.69 Å². The Kier molecular flexibility index (Phi) is 4.37. The van der Waals surface area contributed by atoms with Crippen molar-refractivity contribution in [3.8, 4) is 11.3 Å². The van der Waals surface area contributed by atoms with Gasteiger partial charge in [-0.15, -0.1) is 0 Å². The van der Waals surface area contributed by atoms with E-state index in [0.717, 1.165) is 24.1 Å². The van der Waals surface area contributed by atoms with E-state index in [1.54, 1.807) is 0 Å². The van der Waals surface area contributed by atoms with E-state index < -0.39 is 6.43 Å². The highest BCUT2D eigenvalue weighted by Gasteiger charge is 2.21. The first-order valence-corrected chi connectivity index (χ1v) is 8.66. The maximum Gasteiger partial charge on any atom is 0.280 e. The maximum atomic E-state index is 13.4. The molecule has 3 aromatic rings. The Bertz CT molecular complexity index is 923. The van der Waals surface area contributed by atoms with Gasteiger partial charge in [0.25, 0.3) is 6.43 Å². The quantitative estimate of drug-likeness (QED) is 0.668. The lowest BCUT2D eigenvalue weighted by Crippen LogP contribution is -2.32. The topological polar surface area (TPSA) is 29.0 Å². The fourth-order valence-electron chi connectivity index (χ4n) is 3.24. The number of benzene rings is 2. The lowest BCUT2D eigenvalue weighted by atomic mass is 10.0. The van der Waals surface area contributed by atoms with Gasteiger partial charge >= 0.3 is 0 Å². The van der Waals surface area contributed by atoms with Crippen LogP contribution < -0.4 is 4.90 Å². The van der Waals surface area contributed by atoms with Crippen LogP contribution in [-0.2, 0) is 13.0 Å². The monoisotopic (exact) mass is 351 g/mol. The molecule has 0 aliphatic carbocycles. The molecular formula is C21H19F2N3. The van der Waals surface area contributed by atoms with E-state index >= 15 is 0 Å². The van der Waals surface area contributed by atoms with Gasteiger partial charge in [0, 0.05) is 18.7 Å². The number of alkyl halides is 2. The van der Waals surface area contributed by atoms with Crippen molar-refractivity contribution in [2.75, 3.05) is 11.4 Å². The number of fused-ring (bicyclic) bond motifs is 1. The fourth-order valence-corrected chi connectivity index (χ4v) is 3.24. The van der Waals surface area contributed by atoms with Crippen LogP contribution in [0, 0.1) is 6.92 Å². The predicted octanol–water partition coefficient (Wildman–Crippen LogP) is 4.95. The third-order valence-electron chi connectivity index (χ3n) is 4.72. The number of nitrogens with zero attached hydrogens (tertiary/aromatic N) is 3. The number of anilines is 1. The minimum atomic E-state index is -2.63. The van der Waals surface area contributed by atoms with E-state index in [9.17, 15) is 8.78 Å². The van der Waals surface area contributed by atoms with E-state index in [1.807, 2.05) is 48.2 Å². The highest BCUT2D eigenvalue weighted by Crippen LogP contribution is 2.28. The average Bonchev–Trinajstić information content (AvgIpc) is 2.67. The van der Waals surface area contributed by atoms with Crippen molar-refractivity contribution in [1.29, 1.82) is 0 Å². The average molecular weight is 351 g/mol. The maximum absolute atomic E-state index is 13.4. The van der Waals surface area contributed by atoms with Gasteiger partial charge in [-0.1, -0.05) is 54.1 Å². The highest BCUT2D eigenvalue weighted by molar-refractivity contribution is 5.61. The molecule has 1 aromatic heterocycles. The molecule has 2 aromatic carbocycles. The number of halogens is 2. The Morgan fingerprint density at radius 3 is 2.42 bits per heavy atom. The second kappa shape index (κ2) is 6.83. The molecule has 5 heteroatoms. The number of hydrogen-bond donors (Lipinski definition) is 0. The minimum absolute atomic E-state index is 0.232. The standard InChI is InChI=1S/C21H19F2N3/c1-14-6-8-16(9-7-14)18-12-19(20(22)23)25-21(24-18)26-11-10-15-4-2-3-5-17(15)13-26/h2-9,12,20H,10-11,13H2,1H3. The van der Waals surface area contributed by atoms with Crippen molar-refractivity contribution in [3.05, 3.63) is 77.0 Å². The molecule has 1 aliphatic heterocycles. The zero-order chi connectivity index (χ0) is 18.1. The van der Waals surface area contributed by atoms with E-state index in [4.69, 9.17) is 0 Å². The SMILES string of the molecule is Cc1ccc(-c2cc(C(F)F)nc(N3CCc4ccccc4C3)n2)cc1. The first kappa shape index (κ1) is 16.6. The molecule has 0 amide bonds. The van der Waals surface area contributed by atoms with E-state index in [2.05, 4.69) is 22.1 Å². The number of rotatable bonds is 3. The molecule has 4 rings (SSSR count). The van der Waals surface area contributed by atoms with Gasteiger partial charge in [0.05, 0.1) is 5.69 Å². The summed E-state index contributed by atoms with van der Waals surface area (Å²) in [6, 6.07) is 17.3. The van der Waals surface area contributed by atoms with Gasteiger partial charge in [0.2, 0.25) is 5.95 Å². The predicted molar refractivity (Wildman–Crippen MR) is 98.4 cm³/mol. The summed E-state index contributed by atoms with van der Waals surface area (Å²) in [5, 5.41) is 0. The van der Waals surface area contributed by atoms with Crippen LogP contribution in [0.2, 0.25) is 0 Å². The Morgan fingerprint density at radius 2 is 1.69 bits per heavy atom. The molecule has 0 unspecified atom stereocenters. The molecule has 26 heavy (non-hydrogen) atoms. The first-order valence-electron chi connectivity index (χ1n) is 8.66. The van der Waals surface area contributed by atoms with Crippen molar-refractivity contribution in [3.63, 3.8) is 0 Å². The zero-order valence-electron chi connectivity index (χ0n) is 14.5. The van der Waals surface area contributed by atoms with E-state index in [1.165, 1.54) is 17.2 Å². The fraction of sp³-hybridized carbons (Fsp3) is 0.238. The number of aryl methyl sites for hydroxylation is 1. The molecule has 0 fully saturated rings. The summed E-state index contributed by atoms with van der Waals surface area (Å²) in [5.74, 6) is 0.368. The van der Waals surface area contributed by atoms with Crippen LogP contribution in [0.3, 0.4) is 0 Å². The third-order valence-corrected chi connectivity index (χ3v) is 4.72. The van der Waals surface area contributed by atoms with Gasteiger partial charge in [0.15, 0.2) is 0 Å². The molecule has 0 atom stereocenters. The zero-order valence-corrected chi connectivity index (χ0v) is 14.5. The summed E-state index contributed by atoms with van der Waals surface area (Å²) in [6.07, 6.45) is -1.77. The molecule has 0 N–H and O–H groups in total. The van der Waals surface area contributed by atoms with Crippen LogP contribution in [0.5, 0.6) is 0 Å². The molecule has 0 spiro atoms. The normalized spacial score (nSPS) is 13.8. The summed E-state index contributed by atoms with van der Waals surface area (Å²) >= 11 is 0. The lowest BCUT2D eigenvalue weighted by molar-refractivity contribution is 0.146. The van der Waals surface area contributed by atoms with E-state index in [-0.39, 0.29) is 5.69 Å². The molecule has 0 bridgehead atoms. The minimum Gasteiger partial charge on any atom is -0.336 e. The smallest absolute Gasteiger partial charge is 0.280 e. The third kappa shape index (κ3) is 3.29. The Morgan fingerprint density at radius 1 is 0.962 bits per heavy atom. The highest BCUT2D eigenvalue weighted by atomic mass is 19.3. The summed E-state index contributed by atoms with van der Waals surface area (Å²) in [6.45, 7) is 3.35. The van der Waals surface area contributed by atoms with Gasteiger partial charge in [-0.3, -0.25) is 0 Å². The molecule has 0 radical (unpaired) electrons. The van der Waals surface area contributed by atoms with Crippen molar-refractivity contribution in [2.45, 2.75) is 26.3 Å². The van der Waals surface area contributed by atoms with Gasteiger partial charge in [-0.25, -0.2) is 18.7 Å². The summed E-state index contributed by atoms with van der Waals surface area (Å²) in [5.41, 5.74) is 4.73. The van der Waals surface area contributed by atoms with Crippen molar-refractivity contribution in [1.82, 2.24) is 9.97 Å². The van der Waals surface area contributed by atoms with Crippen LogP contribution in [0.15, 0.2) is 54.6 Å². The lowest BCUT2D eigenvalue weighted by Gasteiger charge is -2.29. The molecule has 0 saturated heterocycles. The number of aromatic nitrogens is 2. The number of hydrogen-bond acceptors (Lipinski definition) is 3. The summed E-state index contributed by atoms with van der Waals surface area (Å²) in [7, 11) is 0. The second-order valence-electron chi connectivity index (χ2n) is 6.59. The Hall–Kier alpha value is -2.82. The van der Waals surface area contributed by atoms with Crippen LogP contribution in [-0.4, -0.2) is 16.5 Å². The van der Waals surface area contributed by atoms with E-state index in [0.29, 0.717) is 18.2 Å². The van der Waals surface area contributed by atoms with Crippen molar-refractivity contribution >= 4 is 5.95 Å². The molecule has 0 saturated carbocycles. The van der Waals surface area contributed by atoms with Crippen LogP contribution >= 0.6 is 0 Å². The van der Waals surface area contributed by atoms with Crippen LogP contribution in [0.4, 0.5) is 14.7 Å². The molecule has 2 heterocycles. The van der Waals surface area contributed by atoms with Crippen LogP contribution in [0.25, 0.3) is 11.3 Å². The largest absolute Gasteiger partial charge is 0.336 e. The second-order valence-corrected chi connectivity index (χ2v) is 6.59. The molecular weight excluding hydrogens is 332 g/mol. The van der Waals surface area contributed by atoms with Crippen molar-refractivity contribution in [2.24, 2.45) is 0 Å². The summed E-state index contributed by atoms with van der Waals surface area (Å²) in [4.78, 5) is 10.7.